The van der Waals surface area contributed by atoms with E-state index in [0.717, 1.165) is 22.8 Å². The molecule has 0 aromatic heterocycles. The van der Waals surface area contributed by atoms with Gasteiger partial charge in [-0.15, -0.1) is 0 Å². The van der Waals surface area contributed by atoms with Gasteiger partial charge in [0.2, 0.25) is 0 Å². The van der Waals surface area contributed by atoms with Crippen molar-refractivity contribution >= 4 is 49.4 Å². The summed E-state index contributed by atoms with van der Waals surface area (Å²) in [7, 11) is 0. The van der Waals surface area contributed by atoms with E-state index in [1.54, 1.807) is 18.2 Å². The molecule has 1 aromatic rings. The van der Waals surface area contributed by atoms with Gasteiger partial charge in [-0.05, 0) is 54.4 Å². The largest absolute Gasteiger partial charge is 0.336 e. The van der Waals surface area contributed by atoms with E-state index < -0.39 is 0 Å². The van der Waals surface area contributed by atoms with Crippen LogP contribution < -0.4 is 0 Å². The summed E-state index contributed by atoms with van der Waals surface area (Å²) in [5, 5.41) is 1.51. The highest BCUT2D eigenvalue weighted by atomic mass is 79.9. The van der Waals surface area contributed by atoms with E-state index in [0.29, 0.717) is 10.6 Å². The molecule has 1 amide bonds. The van der Waals surface area contributed by atoms with Gasteiger partial charge in [-0.25, -0.2) is 0 Å². The number of rotatable bonds is 5. The average Bonchev–Trinajstić information content (AvgIpc) is 2.32. The molecule has 0 unspecified atom stereocenters. The molecule has 0 aliphatic carbocycles. The zero-order valence-electron chi connectivity index (χ0n) is 10.4. The van der Waals surface area contributed by atoms with Gasteiger partial charge < -0.3 is 4.90 Å². The summed E-state index contributed by atoms with van der Waals surface area (Å²) in [4.78, 5) is 14.3. The molecule has 0 saturated heterocycles. The van der Waals surface area contributed by atoms with Crippen molar-refractivity contribution in [3.8, 4) is 0 Å². The van der Waals surface area contributed by atoms with Crippen LogP contribution in [0.3, 0.4) is 0 Å². The first-order valence-corrected chi connectivity index (χ1v) is 8.08. The Hall–Kier alpha value is -0.0600. The van der Waals surface area contributed by atoms with Crippen molar-refractivity contribution in [1.29, 1.82) is 0 Å². The maximum Gasteiger partial charge on any atom is 0.254 e. The van der Waals surface area contributed by atoms with Gasteiger partial charge in [0.1, 0.15) is 0 Å². The first-order valence-electron chi connectivity index (χ1n) is 5.79. The fourth-order valence-corrected chi connectivity index (χ4v) is 2.37. The van der Waals surface area contributed by atoms with Gasteiger partial charge in [0, 0.05) is 28.0 Å². The van der Waals surface area contributed by atoms with E-state index in [-0.39, 0.29) is 11.9 Å². The summed E-state index contributed by atoms with van der Waals surface area (Å²) in [6.45, 7) is 4.80. The summed E-state index contributed by atoms with van der Waals surface area (Å²) in [6.07, 6.45) is 0.943. The van der Waals surface area contributed by atoms with Gasteiger partial charge in [-0.1, -0.05) is 27.5 Å². The van der Waals surface area contributed by atoms with Crippen LogP contribution in [-0.2, 0) is 0 Å². The Labute approximate surface area is 130 Å². The molecular formula is C13H16Br2ClNO. The molecule has 18 heavy (non-hydrogen) atoms. The second-order valence-corrected chi connectivity index (χ2v) is 6.32. The van der Waals surface area contributed by atoms with E-state index in [2.05, 4.69) is 31.9 Å². The molecular weight excluding hydrogens is 381 g/mol. The van der Waals surface area contributed by atoms with Crippen LogP contribution in [0.1, 0.15) is 30.6 Å². The zero-order valence-corrected chi connectivity index (χ0v) is 14.3. The van der Waals surface area contributed by atoms with Crippen LogP contribution in [0.5, 0.6) is 0 Å². The molecule has 0 saturated carbocycles. The highest BCUT2D eigenvalue weighted by molar-refractivity contribution is 9.10. The summed E-state index contributed by atoms with van der Waals surface area (Å²) in [5.41, 5.74) is 0.662. The van der Waals surface area contributed by atoms with Crippen molar-refractivity contribution in [2.75, 3.05) is 11.9 Å². The minimum atomic E-state index is 0.0447. The predicted molar refractivity (Wildman–Crippen MR) is 83.7 cm³/mol. The molecule has 0 radical (unpaired) electrons. The molecule has 0 N–H and O–H groups in total. The Kier molecular flexibility index (Phi) is 6.67. The monoisotopic (exact) mass is 395 g/mol. The van der Waals surface area contributed by atoms with Gasteiger partial charge >= 0.3 is 0 Å². The number of carbonyl (C=O) groups excluding carboxylic acids is 1. The fourth-order valence-electron chi connectivity index (χ4n) is 1.62. The molecule has 0 bridgehead atoms. The van der Waals surface area contributed by atoms with Crippen LogP contribution in [0.15, 0.2) is 22.7 Å². The van der Waals surface area contributed by atoms with Gasteiger partial charge in [0.25, 0.3) is 5.91 Å². The van der Waals surface area contributed by atoms with Crippen LogP contribution in [0.25, 0.3) is 0 Å². The van der Waals surface area contributed by atoms with E-state index in [4.69, 9.17) is 11.6 Å². The summed E-state index contributed by atoms with van der Waals surface area (Å²) >= 11 is 12.7. The Morgan fingerprint density at radius 3 is 2.61 bits per heavy atom. The third kappa shape index (κ3) is 4.25. The molecule has 0 atom stereocenters. The number of amides is 1. The first-order chi connectivity index (χ1) is 8.47. The van der Waals surface area contributed by atoms with E-state index in [9.17, 15) is 4.79 Å². The number of benzene rings is 1. The van der Waals surface area contributed by atoms with Crippen LogP contribution in [0.2, 0.25) is 5.02 Å². The van der Waals surface area contributed by atoms with Crippen molar-refractivity contribution in [2.24, 2.45) is 0 Å². The van der Waals surface area contributed by atoms with Crippen LogP contribution in [0, 0.1) is 0 Å². The topological polar surface area (TPSA) is 20.3 Å². The molecule has 0 spiro atoms. The molecule has 0 heterocycles. The van der Waals surface area contributed by atoms with E-state index in [1.807, 2.05) is 18.7 Å². The minimum Gasteiger partial charge on any atom is -0.336 e. The lowest BCUT2D eigenvalue weighted by atomic mass is 10.1. The summed E-state index contributed by atoms with van der Waals surface area (Å²) in [5.74, 6) is 0.0447. The molecule has 1 rings (SSSR count). The van der Waals surface area contributed by atoms with Crippen LogP contribution >= 0.6 is 43.5 Å². The first kappa shape index (κ1) is 16.0. The molecule has 2 nitrogen and oxygen atoms in total. The summed E-state index contributed by atoms with van der Waals surface area (Å²) in [6, 6.07) is 5.46. The molecule has 5 heteroatoms. The quantitative estimate of drug-likeness (QED) is 0.658. The normalized spacial score (nSPS) is 10.8. The standard InChI is InChI=1S/C13H16Br2ClNO/c1-9(2)17(7-3-6-14)13(18)10-4-5-12(16)11(15)8-10/h4-5,8-9H,3,6-7H2,1-2H3. The second kappa shape index (κ2) is 7.51. The second-order valence-electron chi connectivity index (χ2n) is 4.26. The molecule has 0 aliphatic heterocycles. The number of hydrogen-bond donors (Lipinski definition) is 0. The maximum absolute atomic E-state index is 12.4. The van der Waals surface area contributed by atoms with Crippen molar-refractivity contribution in [2.45, 2.75) is 26.3 Å². The fraction of sp³-hybridized carbons (Fsp3) is 0.462. The van der Waals surface area contributed by atoms with Crippen molar-refractivity contribution < 1.29 is 4.79 Å². The lowest BCUT2D eigenvalue weighted by Gasteiger charge is -2.26. The SMILES string of the molecule is CC(C)N(CCCBr)C(=O)c1ccc(Cl)c(Br)c1. The lowest BCUT2D eigenvalue weighted by molar-refractivity contribution is 0.0706. The van der Waals surface area contributed by atoms with Gasteiger partial charge in [0.15, 0.2) is 0 Å². The number of carbonyl (C=O) groups is 1. The number of halogens is 3. The summed E-state index contributed by atoms with van der Waals surface area (Å²) < 4.78 is 0.749. The van der Waals surface area contributed by atoms with Crippen molar-refractivity contribution in [3.05, 3.63) is 33.3 Å². The van der Waals surface area contributed by atoms with Crippen LogP contribution in [0.4, 0.5) is 0 Å². The third-order valence-corrected chi connectivity index (χ3v) is 4.36. The number of hydrogen-bond acceptors (Lipinski definition) is 1. The minimum absolute atomic E-state index is 0.0447. The molecule has 1 aromatic carbocycles. The average molecular weight is 398 g/mol. The molecule has 100 valence electrons. The Bertz CT molecular complexity index is 423. The third-order valence-electron chi connectivity index (χ3n) is 2.58. The van der Waals surface area contributed by atoms with Crippen LogP contribution in [-0.4, -0.2) is 28.7 Å². The number of alkyl halides is 1. The number of nitrogens with zero attached hydrogens (tertiary/aromatic N) is 1. The van der Waals surface area contributed by atoms with Gasteiger partial charge in [0.05, 0.1) is 5.02 Å². The van der Waals surface area contributed by atoms with Crippen molar-refractivity contribution in [1.82, 2.24) is 4.90 Å². The zero-order chi connectivity index (χ0) is 13.7. The molecule has 0 fully saturated rings. The Morgan fingerprint density at radius 2 is 2.11 bits per heavy atom. The lowest BCUT2D eigenvalue weighted by Crippen LogP contribution is -2.37. The highest BCUT2D eigenvalue weighted by Gasteiger charge is 2.18. The van der Waals surface area contributed by atoms with Gasteiger partial charge in [-0.2, -0.15) is 0 Å². The van der Waals surface area contributed by atoms with E-state index >= 15 is 0 Å². The van der Waals surface area contributed by atoms with E-state index in [1.165, 1.54) is 0 Å². The maximum atomic E-state index is 12.4. The van der Waals surface area contributed by atoms with Crippen molar-refractivity contribution in [3.63, 3.8) is 0 Å². The van der Waals surface area contributed by atoms with Gasteiger partial charge in [-0.3, -0.25) is 4.79 Å². The molecule has 0 aliphatic rings. The Morgan fingerprint density at radius 1 is 1.44 bits per heavy atom. The smallest absolute Gasteiger partial charge is 0.254 e. The highest BCUT2D eigenvalue weighted by Crippen LogP contribution is 2.24. The predicted octanol–water partition coefficient (Wildman–Crippen LogP) is 4.74. The Balaban J connectivity index is 2.91.